The molecule has 2 aliphatic rings. The highest BCUT2D eigenvalue weighted by Crippen LogP contribution is 2.27. The minimum absolute atomic E-state index is 0.0426. The first kappa shape index (κ1) is 17.0. The van der Waals surface area contributed by atoms with Gasteiger partial charge in [-0.25, -0.2) is 14.3 Å². The average Bonchev–Trinajstić information content (AvgIpc) is 3.16. The second-order valence-electron chi connectivity index (χ2n) is 7.44. The zero-order valence-corrected chi connectivity index (χ0v) is 15.0. The van der Waals surface area contributed by atoms with E-state index >= 15 is 0 Å². The van der Waals surface area contributed by atoms with Crippen LogP contribution in [-0.4, -0.2) is 44.4 Å². The Kier molecular flexibility index (Phi) is 4.96. The quantitative estimate of drug-likeness (QED) is 0.918. The van der Waals surface area contributed by atoms with Crippen molar-refractivity contribution in [3.63, 3.8) is 0 Å². The Morgan fingerprint density at radius 3 is 2.58 bits per heavy atom. The van der Waals surface area contributed by atoms with Gasteiger partial charge in [0.15, 0.2) is 0 Å². The molecular formula is C17H29N5O2. The lowest BCUT2D eigenvalue weighted by Gasteiger charge is -2.33. The number of hydrogen-bond donors (Lipinski definition) is 1. The number of carbonyl (C=O) groups is 1. The lowest BCUT2D eigenvalue weighted by molar-refractivity contribution is 0.173. The molecule has 2 fully saturated rings. The predicted molar refractivity (Wildman–Crippen MR) is 92.2 cm³/mol. The minimum atomic E-state index is -0.0764. The maximum absolute atomic E-state index is 12.5. The van der Waals surface area contributed by atoms with Gasteiger partial charge in [0.2, 0.25) is 0 Å². The highest BCUT2D eigenvalue weighted by Gasteiger charge is 2.30. The molecule has 2 heterocycles. The fourth-order valence-electron chi connectivity index (χ4n) is 3.97. The fourth-order valence-corrected chi connectivity index (χ4v) is 3.97. The van der Waals surface area contributed by atoms with Crippen molar-refractivity contribution >= 4 is 6.03 Å². The molecule has 1 saturated carbocycles. The standard InChI is InChI=1S/C17H29N5O2/c1-12(2)22-15(19-20(3)17(22)24)13-7-6-10-21(11-13)16(23)18-14-8-4-5-9-14/h12-14H,4-11H2,1-3H3,(H,18,23). The Bertz CT molecular complexity index is 642. The molecular weight excluding hydrogens is 306 g/mol. The van der Waals surface area contributed by atoms with Gasteiger partial charge in [-0.1, -0.05) is 12.8 Å². The van der Waals surface area contributed by atoms with Gasteiger partial charge in [0, 0.05) is 38.1 Å². The summed E-state index contributed by atoms with van der Waals surface area (Å²) < 4.78 is 3.18. The van der Waals surface area contributed by atoms with E-state index in [-0.39, 0.29) is 23.7 Å². The SMILES string of the molecule is CC(C)n1c(C2CCCN(C(=O)NC3CCCC3)C2)nn(C)c1=O. The molecule has 0 aromatic carbocycles. The van der Waals surface area contributed by atoms with Gasteiger partial charge in [0.1, 0.15) is 5.82 Å². The van der Waals surface area contributed by atoms with Gasteiger partial charge in [-0.05, 0) is 39.5 Å². The van der Waals surface area contributed by atoms with E-state index in [1.54, 1.807) is 11.6 Å². The van der Waals surface area contributed by atoms with Gasteiger partial charge in [-0.15, -0.1) is 0 Å². The summed E-state index contributed by atoms with van der Waals surface area (Å²) in [7, 11) is 1.69. The molecule has 1 aliphatic heterocycles. The molecule has 1 atom stereocenters. The van der Waals surface area contributed by atoms with Crippen molar-refractivity contribution in [3.05, 3.63) is 16.3 Å². The number of hydrogen-bond acceptors (Lipinski definition) is 3. The van der Waals surface area contributed by atoms with Crippen LogP contribution in [0.25, 0.3) is 0 Å². The molecule has 24 heavy (non-hydrogen) atoms. The van der Waals surface area contributed by atoms with E-state index in [0.717, 1.165) is 38.1 Å². The van der Waals surface area contributed by atoms with E-state index in [4.69, 9.17) is 0 Å². The maximum atomic E-state index is 12.5. The molecule has 1 aromatic heterocycles. The minimum Gasteiger partial charge on any atom is -0.335 e. The Morgan fingerprint density at radius 1 is 1.21 bits per heavy atom. The number of amides is 2. The molecule has 1 aromatic rings. The van der Waals surface area contributed by atoms with Crippen LogP contribution in [0.15, 0.2) is 4.79 Å². The largest absolute Gasteiger partial charge is 0.345 e. The third-order valence-electron chi connectivity index (χ3n) is 5.26. The van der Waals surface area contributed by atoms with Gasteiger partial charge in [-0.3, -0.25) is 4.57 Å². The van der Waals surface area contributed by atoms with Gasteiger partial charge in [-0.2, -0.15) is 5.10 Å². The highest BCUT2D eigenvalue weighted by atomic mass is 16.2. The topological polar surface area (TPSA) is 72.2 Å². The zero-order valence-electron chi connectivity index (χ0n) is 15.0. The molecule has 134 valence electrons. The van der Waals surface area contributed by atoms with Crippen molar-refractivity contribution in [2.75, 3.05) is 13.1 Å². The van der Waals surface area contributed by atoms with E-state index in [2.05, 4.69) is 10.4 Å². The van der Waals surface area contributed by atoms with Crippen molar-refractivity contribution < 1.29 is 4.79 Å². The summed E-state index contributed by atoms with van der Waals surface area (Å²) in [5, 5.41) is 7.63. The number of nitrogens with zero attached hydrogens (tertiary/aromatic N) is 4. The molecule has 0 bridgehead atoms. The Labute approximate surface area is 143 Å². The summed E-state index contributed by atoms with van der Waals surface area (Å²) in [5.41, 5.74) is -0.0764. The van der Waals surface area contributed by atoms with E-state index in [1.807, 2.05) is 18.7 Å². The smallest absolute Gasteiger partial charge is 0.335 e. The molecule has 3 rings (SSSR count). The van der Waals surface area contributed by atoms with Crippen LogP contribution in [0.3, 0.4) is 0 Å². The number of aryl methyl sites for hydroxylation is 1. The number of rotatable bonds is 3. The first-order valence-corrected chi connectivity index (χ1v) is 9.18. The number of carbonyl (C=O) groups excluding carboxylic acids is 1. The first-order valence-electron chi connectivity index (χ1n) is 9.18. The molecule has 7 heteroatoms. The van der Waals surface area contributed by atoms with E-state index < -0.39 is 0 Å². The highest BCUT2D eigenvalue weighted by molar-refractivity contribution is 5.74. The first-order chi connectivity index (χ1) is 11.5. The van der Waals surface area contributed by atoms with Crippen molar-refractivity contribution in [1.29, 1.82) is 0 Å². The van der Waals surface area contributed by atoms with Crippen LogP contribution in [0.1, 0.15) is 70.2 Å². The summed E-state index contributed by atoms with van der Waals surface area (Å²) in [6, 6.07) is 0.450. The fraction of sp³-hybridized carbons (Fsp3) is 0.824. The zero-order chi connectivity index (χ0) is 17.3. The summed E-state index contributed by atoms with van der Waals surface area (Å²) in [4.78, 5) is 26.7. The van der Waals surface area contributed by atoms with Crippen LogP contribution in [0.2, 0.25) is 0 Å². The van der Waals surface area contributed by atoms with Gasteiger partial charge in [0.05, 0.1) is 0 Å². The van der Waals surface area contributed by atoms with Crippen molar-refractivity contribution in [2.45, 2.75) is 70.4 Å². The third-order valence-corrected chi connectivity index (χ3v) is 5.26. The van der Waals surface area contributed by atoms with Crippen molar-refractivity contribution in [2.24, 2.45) is 7.05 Å². The van der Waals surface area contributed by atoms with E-state index in [1.165, 1.54) is 17.5 Å². The maximum Gasteiger partial charge on any atom is 0.345 e. The lowest BCUT2D eigenvalue weighted by atomic mass is 9.97. The molecule has 1 unspecified atom stereocenters. The molecule has 0 spiro atoms. The molecule has 7 nitrogen and oxygen atoms in total. The second-order valence-corrected chi connectivity index (χ2v) is 7.44. The molecule has 0 radical (unpaired) electrons. The van der Waals surface area contributed by atoms with Crippen LogP contribution in [0.5, 0.6) is 0 Å². The monoisotopic (exact) mass is 335 g/mol. The molecule has 1 aliphatic carbocycles. The van der Waals surface area contributed by atoms with Crippen molar-refractivity contribution in [1.82, 2.24) is 24.6 Å². The Morgan fingerprint density at radius 2 is 1.92 bits per heavy atom. The summed E-state index contributed by atoms with van der Waals surface area (Å²) in [6.07, 6.45) is 6.53. The Hall–Kier alpha value is -1.79. The average molecular weight is 335 g/mol. The number of aromatic nitrogens is 3. The second kappa shape index (κ2) is 6.99. The van der Waals surface area contributed by atoms with Gasteiger partial charge < -0.3 is 10.2 Å². The van der Waals surface area contributed by atoms with Crippen LogP contribution in [-0.2, 0) is 7.05 Å². The molecule has 2 amide bonds. The lowest BCUT2D eigenvalue weighted by Crippen LogP contribution is -2.48. The van der Waals surface area contributed by atoms with Gasteiger partial charge >= 0.3 is 11.7 Å². The summed E-state index contributed by atoms with van der Waals surface area (Å²) in [6.45, 7) is 5.43. The number of urea groups is 1. The number of likely N-dealkylation sites (tertiary alicyclic amines) is 1. The van der Waals surface area contributed by atoms with Gasteiger partial charge in [0.25, 0.3) is 0 Å². The predicted octanol–water partition coefficient (Wildman–Crippen LogP) is 1.99. The summed E-state index contributed by atoms with van der Waals surface area (Å²) >= 11 is 0. The Balaban J connectivity index is 1.72. The third kappa shape index (κ3) is 3.35. The van der Waals surface area contributed by atoms with Crippen LogP contribution in [0, 0.1) is 0 Å². The number of nitrogens with one attached hydrogen (secondary N) is 1. The van der Waals surface area contributed by atoms with E-state index in [9.17, 15) is 9.59 Å². The van der Waals surface area contributed by atoms with Crippen LogP contribution < -0.4 is 11.0 Å². The van der Waals surface area contributed by atoms with Crippen LogP contribution >= 0.6 is 0 Å². The summed E-state index contributed by atoms with van der Waals surface area (Å²) in [5.74, 6) is 0.945. The van der Waals surface area contributed by atoms with Crippen molar-refractivity contribution in [3.8, 4) is 0 Å². The van der Waals surface area contributed by atoms with E-state index in [0.29, 0.717) is 12.6 Å². The molecule has 1 saturated heterocycles. The normalized spacial score (nSPS) is 22.3. The van der Waals surface area contributed by atoms with Crippen LogP contribution in [0.4, 0.5) is 4.79 Å². The molecule has 1 N–H and O–H groups in total. The number of piperidine rings is 1.